The first-order chi connectivity index (χ1) is 17.4. The van der Waals surface area contributed by atoms with Gasteiger partial charge in [-0.3, -0.25) is 9.59 Å². The van der Waals surface area contributed by atoms with Gasteiger partial charge >= 0.3 is 11.9 Å². The van der Waals surface area contributed by atoms with Crippen molar-refractivity contribution >= 4 is 33.7 Å². The number of esters is 2. The first kappa shape index (κ1) is 26.6. The molecular formula is C29H35BrO7. The summed E-state index contributed by atoms with van der Waals surface area (Å²) in [7, 11) is 0. The molecule has 200 valence electrons. The molecule has 2 bridgehead atoms. The van der Waals surface area contributed by atoms with Gasteiger partial charge in [-0.05, 0) is 66.9 Å². The summed E-state index contributed by atoms with van der Waals surface area (Å²) < 4.78 is 12.6. The van der Waals surface area contributed by atoms with Crippen molar-refractivity contribution in [2.24, 2.45) is 34.0 Å². The number of rotatable bonds is 4. The van der Waals surface area contributed by atoms with Crippen LogP contribution in [0.5, 0.6) is 0 Å². The quantitative estimate of drug-likeness (QED) is 0.408. The number of hydrogen-bond donors (Lipinski definition) is 2. The van der Waals surface area contributed by atoms with Crippen LogP contribution in [0, 0.1) is 34.0 Å². The number of ketones is 1. The molecule has 0 aliphatic heterocycles. The zero-order valence-electron chi connectivity index (χ0n) is 21.5. The number of fused-ring (bicyclic) bond motifs is 3. The first-order valence-electron chi connectivity index (χ1n) is 13.1. The summed E-state index contributed by atoms with van der Waals surface area (Å²) in [5.74, 6) is -2.81. The Kier molecular flexibility index (Phi) is 6.48. The smallest absolute Gasteiger partial charge is 0.338 e. The lowest BCUT2D eigenvalue weighted by Gasteiger charge is -2.66. The molecule has 4 fully saturated rings. The molecule has 4 saturated carbocycles. The molecule has 4 aliphatic rings. The molecule has 1 aromatic rings. The summed E-state index contributed by atoms with van der Waals surface area (Å²) in [5.41, 5.74) is -1.89. The van der Waals surface area contributed by atoms with Gasteiger partial charge in [0.2, 0.25) is 0 Å². The van der Waals surface area contributed by atoms with Crippen LogP contribution < -0.4 is 0 Å². The highest BCUT2D eigenvalue weighted by Gasteiger charge is 2.78. The van der Waals surface area contributed by atoms with Crippen LogP contribution in [0.15, 0.2) is 40.9 Å². The fourth-order valence-electron chi connectivity index (χ4n) is 8.59. The predicted molar refractivity (Wildman–Crippen MR) is 138 cm³/mol. The van der Waals surface area contributed by atoms with E-state index in [0.717, 1.165) is 17.3 Å². The highest BCUT2D eigenvalue weighted by atomic mass is 79.9. The molecule has 0 amide bonds. The minimum absolute atomic E-state index is 0.0461. The van der Waals surface area contributed by atoms with Crippen molar-refractivity contribution in [2.75, 3.05) is 6.61 Å². The first-order valence-corrected chi connectivity index (χ1v) is 13.8. The molecule has 1 spiro atoms. The van der Waals surface area contributed by atoms with Crippen molar-refractivity contribution in [3.8, 4) is 0 Å². The summed E-state index contributed by atoms with van der Waals surface area (Å²) >= 11 is 3.36. The predicted octanol–water partition coefficient (Wildman–Crippen LogP) is 4.24. The largest absolute Gasteiger partial charge is 0.465 e. The molecule has 0 saturated heterocycles. The molecule has 0 aromatic heterocycles. The van der Waals surface area contributed by atoms with Gasteiger partial charge in [0.05, 0.1) is 24.4 Å². The van der Waals surface area contributed by atoms with Crippen LogP contribution in [0.25, 0.3) is 0 Å². The third-order valence-electron chi connectivity index (χ3n) is 9.95. The van der Waals surface area contributed by atoms with Crippen molar-refractivity contribution in [1.29, 1.82) is 0 Å². The number of carbonyl (C=O) groups excluding carboxylic acids is 3. The van der Waals surface area contributed by atoms with Crippen LogP contribution in [0.3, 0.4) is 0 Å². The fraction of sp³-hybridized carbons (Fsp3) is 0.621. The number of aliphatic hydroxyl groups is 2. The van der Waals surface area contributed by atoms with Crippen LogP contribution >= 0.6 is 15.9 Å². The maximum atomic E-state index is 14.1. The summed E-state index contributed by atoms with van der Waals surface area (Å²) in [4.78, 5) is 39.4. The monoisotopic (exact) mass is 574 g/mol. The zero-order chi connectivity index (χ0) is 26.9. The number of aliphatic hydroxyl groups excluding tert-OH is 2. The average molecular weight is 575 g/mol. The van der Waals surface area contributed by atoms with Gasteiger partial charge in [0.1, 0.15) is 11.5 Å². The molecule has 8 atom stereocenters. The lowest BCUT2D eigenvalue weighted by atomic mass is 9.39. The molecule has 0 radical (unpaired) electrons. The van der Waals surface area contributed by atoms with Crippen LogP contribution in [0.4, 0.5) is 0 Å². The Bertz CT molecular complexity index is 1140. The van der Waals surface area contributed by atoms with Gasteiger partial charge in [0, 0.05) is 28.6 Å². The maximum absolute atomic E-state index is 14.1. The van der Waals surface area contributed by atoms with Gasteiger partial charge in [-0.15, -0.1) is 0 Å². The van der Waals surface area contributed by atoms with E-state index >= 15 is 0 Å². The van der Waals surface area contributed by atoms with Crippen LogP contribution in [0.2, 0.25) is 0 Å². The van der Waals surface area contributed by atoms with Gasteiger partial charge in [-0.2, -0.15) is 0 Å². The lowest BCUT2D eigenvalue weighted by molar-refractivity contribution is -0.264. The number of ether oxygens (including phenoxy) is 2. The molecule has 5 rings (SSSR count). The lowest BCUT2D eigenvalue weighted by Crippen LogP contribution is -2.72. The number of benzene rings is 1. The zero-order valence-corrected chi connectivity index (χ0v) is 23.1. The fourth-order valence-corrected chi connectivity index (χ4v) is 8.85. The number of hydrogen-bond acceptors (Lipinski definition) is 7. The number of halogens is 1. The van der Waals surface area contributed by atoms with Gasteiger partial charge in [0.25, 0.3) is 0 Å². The van der Waals surface area contributed by atoms with E-state index in [1.165, 1.54) is 6.92 Å². The maximum Gasteiger partial charge on any atom is 0.338 e. The summed E-state index contributed by atoms with van der Waals surface area (Å²) in [6.07, 6.45) is -0.174. The third-order valence-corrected chi connectivity index (χ3v) is 10.5. The molecule has 4 aliphatic carbocycles. The van der Waals surface area contributed by atoms with Crippen LogP contribution in [-0.2, 0) is 19.1 Å². The van der Waals surface area contributed by atoms with E-state index in [0.29, 0.717) is 12.0 Å². The summed E-state index contributed by atoms with van der Waals surface area (Å²) in [6, 6.07) is 6.74. The molecular weight excluding hydrogens is 540 g/mol. The van der Waals surface area contributed by atoms with Gasteiger partial charge in [0.15, 0.2) is 5.78 Å². The Morgan fingerprint density at radius 1 is 1.14 bits per heavy atom. The van der Waals surface area contributed by atoms with Crippen molar-refractivity contribution in [2.45, 2.75) is 71.2 Å². The average Bonchev–Trinajstić information content (AvgIpc) is 2.96. The highest BCUT2D eigenvalue weighted by molar-refractivity contribution is 9.10. The molecule has 8 heteroatoms. The van der Waals surface area contributed by atoms with Crippen LogP contribution in [-0.4, -0.2) is 52.9 Å². The number of carbonyl (C=O) groups is 3. The highest BCUT2D eigenvalue weighted by Crippen LogP contribution is 2.71. The second-order valence-electron chi connectivity index (χ2n) is 12.2. The minimum atomic E-state index is -1.55. The van der Waals surface area contributed by atoms with Crippen molar-refractivity contribution in [1.82, 2.24) is 0 Å². The standard InChI is InChI=1S/C29H35BrO7/c1-15-19-12-20(32)23-28(14-36-16(2)31)11-5-10-27(3,4)21(28)13-22(33)29(23,24(15)34)25(19)37-26(35)17-6-8-18(30)9-7-17/h6-9,19-23,25,32-33H,1,5,10-14H2,2-4H3/t19-,20+,21-,22-,23+,25-,28+,29-/m1/s1. The second-order valence-corrected chi connectivity index (χ2v) is 13.1. The van der Waals surface area contributed by atoms with Crippen molar-refractivity contribution < 1.29 is 34.1 Å². The SMILES string of the molecule is C=C1C(=O)[C@@]23[C@H](O)C[C@@H]4C(C)(C)CCC[C@@]4(COC(C)=O)[C@@H]2[C@@H](O)C[C@H]1[C@H]3OC(=O)c1ccc(Br)cc1. The molecule has 2 N–H and O–H groups in total. The van der Waals surface area contributed by atoms with E-state index in [-0.39, 0.29) is 42.1 Å². The Morgan fingerprint density at radius 2 is 1.81 bits per heavy atom. The summed E-state index contributed by atoms with van der Waals surface area (Å²) in [5, 5.41) is 23.5. The number of Topliss-reactive ketones (excluding diaryl/α,β-unsaturated/α-hetero) is 1. The van der Waals surface area contributed by atoms with E-state index in [1.54, 1.807) is 24.3 Å². The molecule has 0 heterocycles. The van der Waals surface area contributed by atoms with Crippen molar-refractivity contribution in [3.05, 3.63) is 46.5 Å². The Hall–Kier alpha value is -2.03. The van der Waals surface area contributed by atoms with E-state index in [9.17, 15) is 24.6 Å². The molecule has 37 heavy (non-hydrogen) atoms. The van der Waals surface area contributed by atoms with E-state index in [1.807, 2.05) is 0 Å². The molecule has 1 aromatic carbocycles. The van der Waals surface area contributed by atoms with Gasteiger partial charge < -0.3 is 19.7 Å². The second kappa shape index (κ2) is 9.02. The Morgan fingerprint density at radius 3 is 2.46 bits per heavy atom. The molecule has 7 nitrogen and oxygen atoms in total. The van der Waals surface area contributed by atoms with Gasteiger partial charge in [-0.1, -0.05) is 42.8 Å². The molecule has 0 unspecified atom stereocenters. The minimum Gasteiger partial charge on any atom is -0.465 e. The van der Waals surface area contributed by atoms with Gasteiger partial charge in [-0.25, -0.2) is 4.79 Å². The van der Waals surface area contributed by atoms with E-state index in [4.69, 9.17) is 9.47 Å². The topological polar surface area (TPSA) is 110 Å². The van der Waals surface area contributed by atoms with E-state index in [2.05, 4.69) is 36.4 Å². The Labute approximate surface area is 225 Å². The Balaban J connectivity index is 1.64. The summed E-state index contributed by atoms with van der Waals surface area (Å²) in [6.45, 7) is 9.73. The van der Waals surface area contributed by atoms with Crippen LogP contribution in [0.1, 0.15) is 63.2 Å². The van der Waals surface area contributed by atoms with E-state index < -0.39 is 52.9 Å². The normalized spacial score (nSPS) is 39.9. The van der Waals surface area contributed by atoms with Crippen molar-refractivity contribution in [3.63, 3.8) is 0 Å². The third kappa shape index (κ3) is 3.77.